The second-order valence-electron chi connectivity index (χ2n) is 5.00. The van der Waals surface area contributed by atoms with Crippen molar-refractivity contribution in [3.63, 3.8) is 0 Å². The fourth-order valence-corrected chi connectivity index (χ4v) is 3.17. The Balaban J connectivity index is 0.00000180. The lowest BCUT2D eigenvalue weighted by Gasteiger charge is -2.38. The van der Waals surface area contributed by atoms with E-state index in [0.717, 1.165) is 25.9 Å². The van der Waals surface area contributed by atoms with Gasteiger partial charge in [0.05, 0.1) is 0 Å². The molecule has 2 atom stereocenters. The third-order valence-corrected chi connectivity index (χ3v) is 4.68. The van der Waals surface area contributed by atoms with Crippen molar-refractivity contribution in [2.75, 3.05) is 13.1 Å². The number of halogens is 1. The lowest BCUT2D eigenvalue weighted by molar-refractivity contribution is -0.134. The van der Waals surface area contributed by atoms with Gasteiger partial charge in [0, 0.05) is 36.5 Å². The van der Waals surface area contributed by atoms with Gasteiger partial charge in [-0.15, -0.1) is 23.7 Å². The fourth-order valence-electron chi connectivity index (χ4n) is 2.42. The van der Waals surface area contributed by atoms with Crippen molar-refractivity contribution < 1.29 is 4.79 Å². The molecule has 2 heterocycles. The molecule has 1 fully saturated rings. The van der Waals surface area contributed by atoms with Crippen molar-refractivity contribution in [2.45, 2.75) is 45.2 Å². The van der Waals surface area contributed by atoms with Crippen molar-refractivity contribution in [1.82, 2.24) is 10.2 Å². The summed E-state index contributed by atoms with van der Waals surface area (Å²) in [7, 11) is 0. The Morgan fingerprint density at radius 3 is 3.00 bits per heavy atom. The Morgan fingerprint density at radius 2 is 2.32 bits per heavy atom. The Labute approximate surface area is 125 Å². The third-order valence-electron chi connectivity index (χ3n) is 3.75. The van der Waals surface area contributed by atoms with E-state index in [1.807, 2.05) is 4.90 Å². The Kier molecular flexibility index (Phi) is 6.83. The lowest BCUT2D eigenvalue weighted by Crippen LogP contribution is -2.57. The minimum Gasteiger partial charge on any atom is -0.337 e. The summed E-state index contributed by atoms with van der Waals surface area (Å²) in [5, 5.41) is 5.50. The molecule has 5 heteroatoms. The first kappa shape index (κ1) is 16.5. The number of aryl methyl sites for hydroxylation is 1. The van der Waals surface area contributed by atoms with Gasteiger partial charge < -0.3 is 10.2 Å². The number of rotatable bonds is 4. The molecule has 1 aromatic rings. The smallest absolute Gasteiger partial charge is 0.222 e. The van der Waals surface area contributed by atoms with Crippen molar-refractivity contribution in [3.8, 4) is 0 Å². The van der Waals surface area contributed by atoms with Crippen LogP contribution in [0.2, 0.25) is 0 Å². The van der Waals surface area contributed by atoms with Crippen LogP contribution in [-0.4, -0.2) is 36.0 Å². The number of hydrogen-bond acceptors (Lipinski definition) is 3. The van der Waals surface area contributed by atoms with E-state index < -0.39 is 0 Å². The summed E-state index contributed by atoms with van der Waals surface area (Å²) in [6.07, 6.45) is 2.67. The number of carbonyl (C=O) groups excluding carboxylic acids is 1. The minimum atomic E-state index is 0. The van der Waals surface area contributed by atoms with Gasteiger partial charge in [-0.25, -0.2) is 0 Å². The van der Waals surface area contributed by atoms with E-state index in [2.05, 4.69) is 36.7 Å². The van der Waals surface area contributed by atoms with Crippen LogP contribution in [0.1, 0.15) is 31.6 Å². The highest BCUT2D eigenvalue weighted by Gasteiger charge is 2.27. The Morgan fingerprint density at radius 1 is 1.53 bits per heavy atom. The molecular formula is C14H23ClN2OS. The van der Waals surface area contributed by atoms with Gasteiger partial charge in [0.25, 0.3) is 0 Å². The number of thiophene rings is 1. The van der Waals surface area contributed by atoms with Crippen LogP contribution in [0, 0.1) is 0 Å². The molecule has 2 rings (SSSR count). The van der Waals surface area contributed by atoms with Crippen LogP contribution < -0.4 is 5.32 Å². The molecular weight excluding hydrogens is 280 g/mol. The van der Waals surface area contributed by atoms with E-state index >= 15 is 0 Å². The van der Waals surface area contributed by atoms with Crippen LogP contribution in [0.15, 0.2) is 17.5 Å². The molecule has 1 saturated heterocycles. The summed E-state index contributed by atoms with van der Waals surface area (Å²) >= 11 is 1.78. The predicted molar refractivity (Wildman–Crippen MR) is 83.1 cm³/mol. The average Bonchev–Trinajstić information content (AvgIpc) is 2.85. The van der Waals surface area contributed by atoms with Gasteiger partial charge in [-0.3, -0.25) is 4.79 Å². The quantitative estimate of drug-likeness (QED) is 0.927. The van der Waals surface area contributed by atoms with Crippen molar-refractivity contribution in [3.05, 3.63) is 22.4 Å². The summed E-state index contributed by atoms with van der Waals surface area (Å²) in [6.45, 7) is 6.05. The standard InChI is InChI=1S/C14H22N2OS.ClH/c1-11-12(2)16(9-8-15-11)14(17)7-3-5-13-6-4-10-18-13;/h4,6,10-12,15H,3,5,7-9H2,1-2H3;1H. The molecule has 1 aromatic heterocycles. The summed E-state index contributed by atoms with van der Waals surface area (Å²) in [4.78, 5) is 15.6. The Bertz CT molecular complexity index is 383. The molecule has 1 amide bonds. The number of nitrogens with zero attached hydrogens (tertiary/aromatic N) is 1. The minimum absolute atomic E-state index is 0. The first-order chi connectivity index (χ1) is 8.68. The van der Waals surface area contributed by atoms with Crippen LogP contribution >= 0.6 is 23.7 Å². The maximum atomic E-state index is 12.2. The molecule has 1 N–H and O–H groups in total. The third kappa shape index (κ3) is 4.48. The van der Waals surface area contributed by atoms with Gasteiger partial charge in [-0.05, 0) is 38.1 Å². The zero-order valence-electron chi connectivity index (χ0n) is 11.6. The Hall–Kier alpha value is -0.580. The van der Waals surface area contributed by atoms with E-state index in [-0.39, 0.29) is 12.4 Å². The normalized spacial score (nSPS) is 22.9. The van der Waals surface area contributed by atoms with E-state index in [1.54, 1.807) is 11.3 Å². The zero-order chi connectivity index (χ0) is 13.0. The molecule has 0 spiro atoms. The molecule has 0 radical (unpaired) electrons. The number of piperazine rings is 1. The lowest BCUT2D eigenvalue weighted by atomic mass is 10.1. The fraction of sp³-hybridized carbons (Fsp3) is 0.643. The highest BCUT2D eigenvalue weighted by atomic mass is 35.5. The summed E-state index contributed by atoms with van der Waals surface area (Å²) in [6, 6.07) is 4.93. The summed E-state index contributed by atoms with van der Waals surface area (Å²) < 4.78 is 0. The SMILES string of the molecule is CC1NCCN(C(=O)CCCc2cccs2)C1C.Cl. The molecule has 3 nitrogen and oxygen atoms in total. The van der Waals surface area contributed by atoms with Gasteiger partial charge in [-0.2, -0.15) is 0 Å². The second-order valence-corrected chi connectivity index (χ2v) is 6.04. The monoisotopic (exact) mass is 302 g/mol. The first-order valence-electron chi connectivity index (χ1n) is 6.73. The predicted octanol–water partition coefficient (Wildman–Crippen LogP) is 2.70. The van der Waals surface area contributed by atoms with Crippen LogP contribution in [0.3, 0.4) is 0 Å². The van der Waals surface area contributed by atoms with Gasteiger partial charge in [-0.1, -0.05) is 6.07 Å². The van der Waals surface area contributed by atoms with Gasteiger partial charge in [0.2, 0.25) is 5.91 Å². The second kappa shape index (κ2) is 7.88. The topological polar surface area (TPSA) is 32.3 Å². The number of hydrogen-bond donors (Lipinski definition) is 1. The number of carbonyl (C=O) groups is 1. The average molecular weight is 303 g/mol. The molecule has 1 aliphatic rings. The van der Waals surface area contributed by atoms with Gasteiger partial charge in [0.1, 0.15) is 0 Å². The summed E-state index contributed by atoms with van der Waals surface area (Å²) in [5.41, 5.74) is 0. The van der Waals surface area contributed by atoms with Gasteiger partial charge in [0.15, 0.2) is 0 Å². The molecule has 0 aliphatic carbocycles. The molecule has 19 heavy (non-hydrogen) atoms. The molecule has 1 aliphatic heterocycles. The maximum Gasteiger partial charge on any atom is 0.222 e. The van der Waals surface area contributed by atoms with E-state index in [0.29, 0.717) is 24.4 Å². The van der Waals surface area contributed by atoms with E-state index in [1.165, 1.54) is 4.88 Å². The largest absolute Gasteiger partial charge is 0.337 e. The zero-order valence-corrected chi connectivity index (χ0v) is 13.2. The van der Waals surface area contributed by atoms with Crippen LogP contribution in [0.25, 0.3) is 0 Å². The van der Waals surface area contributed by atoms with E-state index in [9.17, 15) is 4.79 Å². The maximum absolute atomic E-state index is 12.2. The van der Waals surface area contributed by atoms with Crippen molar-refractivity contribution in [1.29, 1.82) is 0 Å². The number of nitrogens with one attached hydrogen (secondary N) is 1. The van der Waals surface area contributed by atoms with Crippen LogP contribution in [0.5, 0.6) is 0 Å². The number of amides is 1. The highest BCUT2D eigenvalue weighted by molar-refractivity contribution is 7.09. The van der Waals surface area contributed by atoms with Crippen molar-refractivity contribution >= 4 is 29.7 Å². The molecule has 2 unspecified atom stereocenters. The molecule has 108 valence electrons. The first-order valence-corrected chi connectivity index (χ1v) is 7.61. The molecule has 0 bridgehead atoms. The van der Waals surface area contributed by atoms with Crippen LogP contribution in [0.4, 0.5) is 0 Å². The molecule has 0 aromatic carbocycles. The van der Waals surface area contributed by atoms with Crippen LogP contribution in [-0.2, 0) is 11.2 Å². The highest BCUT2D eigenvalue weighted by Crippen LogP contribution is 2.15. The van der Waals surface area contributed by atoms with E-state index in [4.69, 9.17) is 0 Å². The van der Waals surface area contributed by atoms with Gasteiger partial charge >= 0.3 is 0 Å². The molecule has 0 saturated carbocycles. The summed E-state index contributed by atoms with van der Waals surface area (Å²) in [5.74, 6) is 0.312. The van der Waals surface area contributed by atoms with Crippen molar-refractivity contribution in [2.24, 2.45) is 0 Å².